The fourth-order valence-electron chi connectivity index (χ4n) is 2.26. The molecule has 5 heteroatoms. The van der Waals surface area contributed by atoms with Gasteiger partial charge in [-0.25, -0.2) is 0 Å². The maximum absolute atomic E-state index is 12.1. The molecule has 1 aromatic carbocycles. The predicted octanol–water partition coefficient (Wildman–Crippen LogP) is 1.20. The van der Waals surface area contributed by atoms with Crippen LogP contribution in [0, 0.1) is 0 Å². The smallest absolute Gasteiger partial charge is 0.189 e. The molecule has 0 unspecified atom stereocenters. The van der Waals surface area contributed by atoms with E-state index in [0.717, 1.165) is 5.56 Å². The molecule has 2 rings (SSSR count). The SMILES string of the molecule is CO[C@@H]1[C@@H](OC)COCC(=O)[C@H]1OCc1ccccc1. The van der Waals surface area contributed by atoms with Gasteiger partial charge in [0.05, 0.1) is 13.2 Å². The van der Waals surface area contributed by atoms with Crippen molar-refractivity contribution in [3.63, 3.8) is 0 Å². The van der Waals surface area contributed by atoms with Crippen molar-refractivity contribution in [2.24, 2.45) is 0 Å². The lowest BCUT2D eigenvalue weighted by molar-refractivity contribution is -0.149. The average Bonchev–Trinajstić information content (AvgIpc) is 2.64. The summed E-state index contributed by atoms with van der Waals surface area (Å²) in [5.74, 6) is -0.118. The fraction of sp³-hybridized carbons (Fsp3) is 0.533. The van der Waals surface area contributed by atoms with E-state index in [4.69, 9.17) is 18.9 Å². The lowest BCUT2D eigenvalue weighted by atomic mass is 10.1. The molecule has 0 radical (unpaired) electrons. The molecule has 110 valence electrons. The molecule has 0 aromatic heterocycles. The Bertz CT molecular complexity index is 420. The third-order valence-corrected chi connectivity index (χ3v) is 3.36. The zero-order valence-electron chi connectivity index (χ0n) is 11.8. The number of rotatable bonds is 5. The van der Waals surface area contributed by atoms with Gasteiger partial charge in [0.1, 0.15) is 24.9 Å². The van der Waals surface area contributed by atoms with Gasteiger partial charge in [-0.15, -0.1) is 0 Å². The van der Waals surface area contributed by atoms with Gasteiger partial charge in [0.15, 0.2) is 5.78 Å². The number of ketones is 1. The highest BCUT2D eigenvalue weighted by molar-refractivity contribution is 5.85. The third kappa shape index (κ3) is 3.64. The van der Waals surface area contributed by atoms with Crippen molar-refractivity contribution in [2.75, 3.05) is 27.4 Å². The molecular weight excluding hydrogens is 260 g/mol. The van der Waals surface area contributed by atoms with Gasteiger partial charge in [-0.2, -0.15) is 0 Å². The van der Waals surface area contributed by atoms with Gasteiger partial charge in [0.2, 0.25) is 0 Å². The minimum absolute atomic E-state index is 0.0270. The van der Waals surface area contributed by atoms with Gasteiger partial charge >= 0.3 is 0 Å². The summed E-state index contributed by atoms with van der Waals surface area (Å²) in [4.78, 5) is 12.1. The summed E-state index contributed by atoms with van der Waals surface area (Å²) in [6.07, 6.45) is -1.45. The van der Waals surface area contributed by atoms with Crippen molar-refractivity contribution >= 4 is 5.78 Å². The zero-order valence-corrected chi connectivity index (χ0v) is 11.8. The third-order valence-electron chi connectivity index (χ3n) is 3.36. The first-order valence-corrected chi connectivity index (χ1v) is 6.58. The second-order valence-corrected chi connectivity index (χ2v) is 4.67. The van der Waals surface area contributed by atoms with Crippen LogP contribution < -0.4 is 0 Å². The Balaban J connectivity index is 2.06. The number of ether oxygens (including phenoxy) is 4. The van der Waals surface area contributed by atoms with E-state index in [1.165, 1.54) is 0 Å². The largest absolute Gasteiger partial charge is 0.376 e. The molecule has 0 bridgehead atoms. The van der Waals surface area contributed by atoms with E-state index in [2.05, 4.69) is 0 Å². The molecule has 0 aliphatic carbocycles. The molecule has 1 aromatic rings. The molecular formula is C15H20O5. The van der Waals surface area contributed by atoms with Crippen LogP contribution in [0.2, 0.25) is 0 Å². The quantitative estimate of drug-likeness (QED) is 0.811. The van der Waals surface area contributed by atoms with Crippen LogP contribution in [0.25, 0.3) is 0 Å². The fourth-order valence-corrected chi connectivity index (χ4v) is 2.26. The number of hydrogen-bond donors (Lipinski definition) is 0. The van der Waals surface area contributed by atoms with E-state index in [0.29, 0.717) is 13.2 Å². The van der Waals surface area contributed by atoms with Gasteiger partial charge < -0.3 is 18.9 Å². The number of carbonyl (C=O) groups excluding carboxylic acids is 1. The van der Waals surface area contributed by atoms with Crippen LogP contribution in [0.3, 0.4) is 0 Å². The van der Waals surface area contributed by atoms with Gasteiger partial charge in [-0.05, 0) is 5.56 Å². The molecule has 5 nitrogen and oxygen atoms in total. The molecule has 20 heavy (non-hydrogen) atoms. The highest BCUT2D eigenvalue weighted by Gasteiger charge is 2.38. The summed E-state index contributed by atoms with van der Waals surface area (Å²) in [6, 6.07) is 9.71. The van der Waals surface area contributed by atoms with Gasteiger partial charge in [-0.1, -0.05) is 30.3 Å². The molecule has 0 N–H and O–H groups in total. The van der Waals surface area contributed by atoms with Crippen molar-refractivity contribution in [1.82, 2.24) is 0 Å². The average molecular weight is 280 g/mol. The van der Waals surface area contributed by atoms with Gasteiger partial charge in [0.25, 0.3) is 0 Å². The molecule has 1 heterocycles. The van der Waals surface area contributed by atoms with Gasteiger partial charge in [0, 0.05) is 14.2 Å². The molecule has 1 aliphatic rings. The van der Waals surface area contributed by atoms with Crippen LogP contribution in [-0.2, 0) is 30.3 Å². The van der Waals surface area contributed by atoms with Crippen molar-refractivity contribution in [2.45, 2.75) is 24.9 Å². The number of methoxy groups -OCH3 is 2. The Kier molecular flexibility index (Phi) is 5.67. The Hall–Kier alpha value is -1.27. The summed E-state index contributed by atoms with van der Waals surface area (Å²) >= 11 is 0. The summed E-state index contributed by atoms with van der Waals surface area (Å²) in [5.41, 5.74) is 1.01. The number of hydrogen-bond acceptors (Lipinski definition) is 5. The first-order chi connectivity index (χ1) is 9.76. The number of benzene rings is 1. The number of Topliss-reactive ketones (excluding diaryl/α,β-unsaturated/α-hetero) is 1. The second-order valence-electron chi connectivity index (χ2n) is 4.67. The molecule has 0 saturated carbocycles. The van der Waals surface area contributed by atoms with Crippen LogP contribution in [0.4, 0.5) is 0 Å². The Morgan fingerprint density at radius 1 is 1.20 bits per heavy atom. The van der Waals surface area contributed by atoms with E-state index < -0.39 is 12.2 Å². The Labute approximate surface area is 118 Å². The molecule has 0 amide bonds. The first-order valence-electron chi connectivity index (χ1n) is 6.58. The minimum atomic E-state index is -0.673. The van der Waals surface area contributed by atoms with Crippen molar-refractivity contribution in [1.29, 1.82) is 0 Å². The highest BCUT2D eigenvalue weighted by atomic mass is 16.6. The standard InChI is InChI=1S/C15H20O5/c1-17-13-10-19-9-12(16)14(15(13)18-2)20-8-11-6-4-3-5-7-11/h3-7,13-15H,8-10H2,1-2H3/t13-,14+,15+/m0/s1. The maximum Gasteiger partial charge on any atom is 0.189 e. The number of carbonyl (C=O) groups is 1. The lowest BCUT2D eigenvalue weighted by Crippen LogP contribution is -2.45. The monoisotopic (exact) mass is 280 g/mol. The zero-order chi connectivity index (χ0) is 14.4. The van der Waals surface area contributed by atoms with Crippen LogP contribution in [0.5, 0.6) is 0 Å². The van der Waals surface area contributed by atoms with Crippen LogP contribution in [0.1, 0.15) is 5.56 Å². The Morgan fingerprint density at radius 3 is 2.60 bits per heavy atom. The summed E-state index contributed by atoms with van der Waals surface area (Å²) in [7, 11) is 3.12. The van der Waals surface area contributed by atoms with E-state index in [1.807, 2.05) is 30.3 Å². The first kappa shape index (κ1) is 15.1. The molecule has 1 saturated heterocycles. The summed E-state index contributed by atoms with van der Waals surface area (Å²) in [5, 5.41) is 0. The predicted molar refractivity (Wildman–Crippen MR) is 72.4 cm³/mol. The van der Waals surface area contributed by atoms with E-state index in [-0.39, 0.29) is 18.5 Å². The molecule has 3 atom stereocenters. The lowest BCUT2D eigenvalue weighted by Gasteiger charge is -2.27. The van der Waals surface area contributed by atoms with E-state index >= 15 is 0 Å². The van der Waals surface area contributed by atoms with Crippen molar-refractivity contribution in [3.05, 3.63) is 35.9 Å². The Morgan fingerprint density at radius 2 is 1.95 bits per heavy atom. The van der Waals surface area contributed by atoms with Crippen LogP contribution in [0.15, 0.2) is 30.3 Å². The maximum atomic E-state index is 12.1. The summed E-state index contributed by atoms with van der Waals surface area (Å²) < 4.78 is 21.8. The normalized spacial score (nSPS) is 27.3. The summed E-state index contributed by atoms with van der Waals surface area (Å²) in [6.45, 7) is 0.707. The molecule has 1 aliphatic heterocycles. The van der Waals surface area contributed by atoms with Gasteiger partial charge in [-0.3, -0.25) is 4.79 Å². The van der Waals surface area contributed by atoms with E-state index in [9.17, 15) is 4.79 Å². The topological polar surface area (TPSA) is 54.0 Å². The highest BCUT2D eigenvalue weighted by Crippen LogP contribution is 2.18. The van der Waals surface area contributed by atoms with Crippen molar-refractivity contribution < 1.29 is 23.7 Å². The minimum Gasteiger partial charge on any atom is -0.376 e. The molecule has 1 fully saturated rings. The molecule has 0 spiro atoms. The van der Waals surface area contributed by atoms with Crippen LogP contribution in [-0.4, -0.2) is 51.5 Å². The van der Waals surface area contributed by atoms with Crippen LogP contribution >= 0.6 is 0 Å². The second kappa shape index (κ2) is 7.50. The van der Waals surface area contributed by atoms with E-state index in [1.54, 1.807) is 14.2 Å². The van der Waals surface area contributed by atoms with Crippen molar-refractivity contribution in [3.8, 4) is 0 Å².